The Bertz CT molecular complexity index is 603. The van der Waals surface area contributed by atoms with E-state index in [0.29, 0.717) is 45.1 Å². The molecule has 0 radical (unpaired) electrons. The predicted molar refractivity (Wildman–Crippen MR) is 100 cm³/mol. The molecule has 6 nitrogen and oxygen atoms in total. The fourth-order valence-corrected chi connectivity index (χ4v) is 3.68. The fraction of sp³-hybridized carbons (Fsp3) is 0.600. The number of methoxy groups -OCH3 is 1. The van der Waals surface area contributed by atoms with Crippen molar-refractivity contribution in [1.82, 2.24) is 15.1 Å². The highest BCUT2D eigenvalue weighted by Gasteiger charge is 2.26. The zero-order valence-corrected chi connectivity index (χ0v) is 15.6. The van der Waals surface area contributed by atoms with E-state index in [2.05, 4.69) is 5.32 Å². The highest BCUT2D eigenvalue weighted by atomic mass is 16.5. The molecule has 0 aliphatic carbocycles. The largest absolute Gasteiger partial charge is 0.497 e. The van der Waals surface area contributed by atoms with Gasteiger partial charge in [0.2, 0.25) is 11.8 Å². The lowest BCUT2D eigenvalue weighted by atomic mass is 10.1. The molecule has 142 valence electrons. The number of amides is 2. The minimum atomic E-state index is 0.172. The molecule has 2 saturated heterocycles. The fourth-order valence-electron chi connectivity index (χ4n) is 3.68. The van der Waals surface area contributed by atoms with Crippen molar-refractivity contribution in [3.05, 3.63) is 29.8 Å². The van der Waals surface area contributed by atoms with Crippen LogP contribution in [-0.2, 0) is 16.0 Å². The minimum absolute atomic E-state index is 0.172. The molecule has 1 aromatic rings. The number of carbonyl (C=O) groups excluding carboxylic acids is 2. The van der Waals surface area contributed by atoms with E-state index in [4.69, 9.17) is 4.74 Å². The van der Waals surface area contributed by atoms with Crippen LogP contribution in [0.5, 0.6) is 5.75 Å². The second-order valence-corrected chi connectivity index (χ2v) is 7.11. The monoisotopic (exact) mass is 359 g/mol. The van der Waals surface area contributed by atoms with Crippen molar-refractivity contribution in [3.63, 3.8) is 0 Å². The zero-order valence-electron chi connectivity index (χ0n) is 15.6. The SMILES string of the molecule is COc1ccc(CCC(=O)N2CCN(C(=O)CC3CCCN3)CC2)cc1. The van der Waals surface area contributed by atoms with Crippen LogP contribution in [0.25, 0.3) is 0 Å². The Morgan fingerprint density at radius 1 is 1.08 bits per heavy atom. The molecule has 1 atom stereocenters. The highest BCUT2D eigenvalue weighted by molar-refractivity contribution is 5.79. The second-order valence-electron chi connectivity index (χ2n) is 7.11. The molecule has 1 unspecified atom stereocenters. The summed E-state index contributed by atoms with van der Waals surface area (Å²) in [5, 5.41) is 3.37. The van der Waals surface area contributed by atoms with Gasteiger partial charge < -0.3 is 19.9 Å². The Labute approximate surface area is 155 Å². The maximum Gasteiger partial charge on any atom is 0.224 e. The van der Waals surface area contributed by atoms with Crippen LogP contribution in [0.1, 0.15) is 31.2 Å². The van der Waals surface area contributed by atoms with E-state index in [1.165, 1.54) is 0 Å². The van der Waals surface area contributed by atoms with E-state index < -0.39 is 0 Å². The van der Waals surface area contributed by atoms with Gasteiger partial charge in [0.25, 0.3) is 0 Å². The number of hydrogen-bond acceptors (Lipinski definition) is 4. The number of hydrogen-bond donors (Lipinski definition) is 1. The van der Waals surface area contributed by atoms with E-state index in [-0.39, 0.29) is 11.8 Å². The van der Waals surface area contributed by atoms with Gasteiger partial charge in [0.1, 0.15) is 5.75 Å². The van der Waals surface area contributed by atoms with Gasteiger partial charge in [-0.2, -0.15) is 0 Å². The third-order valence-corrected chi connectivity index (χ3v) is 5.36. The lowest BCUT2D eigenvalue weighted by molar-refractivity contribution is -0.139. The Kier molecular flexibility index (Phi) is 6.50. The van der Waals surface area contributed by atoms with E-state index in [0.717, 1.165) is 37.1 Å². The molecule has 0 saturated carbocycles. The standard InChI is InChI=1S/C20H29N3O3/c1-26-18-7-4-16(5-8-18)6-9-19(24)22-11-13-23(14-12-22)20(25)15-17-3-2-10-21-17/h4-5,7-8,17,21H,2-3,6,9-15H2,1H3. The van der Waals surface area contributed by atoms with Crippen LogP contribution in [0, 0.1) is 0 Å². The Balaban J connectivity index is 1.39. The number of nitrogens with one attached hydrogen (secondary N) is 1. The van der Waals surface area contributed by atoms with Crippen molar-refractivity contribution >= 4 is 11.8 Å². The third kappa shape index (κ3) is 4.97. The van der Waals surface area contributed by atoms with Crippen LogP contribution in [0.15, 0.2) is 24.3 Å². The average Bonchev–Trinajstić information content (AvgIpc) is 3.19. The number of aryl methyl sites for hydroxylation is 1. The number of rotatable bonds is 6. The number of benzene rings is 1. The van der Waals surface area contributed by atoms with Crippen LogP contribution in [-0.4, -0.2) is 67.5 Å². The first kappa shape index (κ1) is 18.7. The first-order valence-electron chi connectivity index (χ1n) is 9.57. The maximum atomic E-state index is 12.4. The average molecular weight is 359 g/mol. The van der Waals surface area contributed by atoms with Gasteiger partial charge in [0.05, 0.1) is 7.11 Å². The van der Waals surface area contributed by atoms with Crippen molar-refractivity contribution in [2.24, 2.45) is 0 Å². The van der Waals surface area contributed by atoms with E-state index in [1.807, 2.05) is 34.1 Å². The maximum absolute atomic E-state index is 12.4. The Hall–Kier alpha value is -2.08. The van der Waals surface area contributed by atoms with Gasteiger partial charge in [-0.3, -0.25) is 9.59 Å². The molecule has 2 aliphatic heterocycles. The quantitative estimate of drug-likeness (QED) is 0.835. The number of nitrogens with zero attached hydrogens (tertiary/aromatic N) is 2. The number of piperazine rings is 1. The van der Waals surface area contributed by atoms with E-state index in [1.54, 1.807) is 7.11 Å². The zero-order chi connectivity index (χ0) is 18.4. The van der Waals surface area contributed by atoms with Crippen molar-refractivity contribution in [2.45, 2.75) is 38.1 Å². The smallest absolute Gasteiger partial charge is 0.224 e. The molecule has 1 N–H and O–H groups in total. The lowest BCUT2D eigenvalue weighted by Gasteiger charge is -2.35. The van der Waals surface area contributed by atoms with Crippen molar-refractivity contribution < 1.29 is 14.3 Å². The Morgan fingerprint density at radius 2 is 1.73 bits per heavy atom. The molecule has 3 rings (SSSR count). The first-order chi connectivity index (χ1) is 12.7. The molecule has 1 aromatic carbocycles. The summed E-state index contributed by atoms with van der Waals surface area (Å²) in [4.78, 5) is 28.6. The summed E-state index contributed by atoms with van der Waals surface area (Å²) in [6, 6.07) is 8.18. The molecule has 26 heavy (non-hydrogen) atoms. The van der Waals surface area contributed by atoms with Crippen LogP contribution < -0.4 is 10.1 Å². The predicted octanol–water partition coefficient (Wildman–Crippen LogP) is 1.44. The third-order valence-electron chi connectivity index (χ3n) is 5.36. The summed E-state index contributed by atoms with van der Waals surface area (Å²) in [5.41, 5.74) is 1.14. The van der Waals surface area contributed by atoms with Gasteiger partial charge in [-0.25, -0.2) is 0 Å². The summed E-state index contributed by atoms with van der Waals surface area (Å²) in [6.45, 7) is 3.62. The second kappa shape index (κ2) is 9.03. The summed E-state index contributed by atoms with van der Waals surface area (Å²) in [6.07, 6.45) is 4.08. The van der Waals surface area contributed by atoms with E-state index in [9.17, 15) is 9.59 Å². The molecular formula is C20H29N3O3. The van der Waals surface area contributed by atoms with Gasteiger partial charge in [0, 0.05) is 45.1 Å². The van der Waals surface area contributed by atoms with E-state index >= 15 is 0 Å². The molecule has 2 heterocycles. The number of carbonyl (C=O) groups is 2. The molecular weight excluding hydrogens is 330 g/mol. The molecule has 0 aromatic heterocycles. The highest BCUT2D eigenvalue weighted by Crippen LogP contribution is 2.15. The molecule has 0 bridgehead atoms. The Morgan fingerprint density at radius 3 is 2.31 bits per heavy atom. The van der Waals surface area contributed by atoms with Crippen molar-refractivity contribution in [1.29, 1.82) is 0 Å². The minimum Gasteiger partial charge on any atom is -0.497 e. The van der Waals surface area contributed by atoms with Gasteiger partial charge in [-0.15, -0.1) is 0 Å². The van der Waals surface area contributed by atoms with Gasteiger partial charge in [0.15, 0.2) is 0 Å². The lowest BCUT2D eigenvalue weighted by Crippen LogP contribution is -2.51. The van der Waals surface area contributed by atoms with Crippen molar-refractivity contribution in [2.75, 3.05) is 39.8 Å². The molecule has 6 heteroatoms. The van der Waals surface area contributed by atoms with Crippen LogP contribution >= 0.6 is 0 Å². The molecule has 2 amide bonds. The topological polar surface area (TPSA) is 61.9 Å². The molecule has 2 aliphatic rings. The molecule has 2 fully saturated rings. The number of ether oxygens (including phenoxy) is 1. The van der Waals surface area contributed by atoms with Gasteiger partial charge in [-0.05, 0) is 43.5 Å². The van der Waals surface area contributed by atoms with Gasteiger partial charge >= 0.3 is 0 Å². The summed E-state index contributed by atoms with van der Waals surface area (Å²) in [7, 11) is 1.65. The van der Waals surface area contributed by atoms with Crippen LogP contribution in [0.3, 0.4) is 0 Å². The van der Waals surface area contributed by atoms with Crippen molar-refractivity contribution in [3.8, 4) is 5.75 Å². The van der Waals surface area contributed by atoms with Crippen LogP contribution in [0.2, 0.25) is 0 Å². The normalized spacial score (nSPS) is 20.3. The van der Waals surface area contributed by atoms with Gasteiger partial charge in [-0.1, -0.05) is 12.1 Å². The summed E-state index contributed by atoms with van der Waals surface area (Å²) in [5.74, 6) is 1.22. The van der Waals surface area contributed by atoms with Crippen LogP contribution in [0.4, 0.5) is 0 Å². The summed E-state index contributed by atoms with van der Waals surface area (Å²) < 4.78 is 5.15. The molecule has 0 spiro atoms. The first-order valence-corrected chi connectivity index (χ1v) is 9.57. The summed E-state index contributed by atoms with van der Waals surface area (Å²) >= 11 is 0.